The first-order chi connectivity index (χ1) is 14.4. The van der Waals surface area contributed by atoms with E-state index < -0.39 is 36.4 Å². The van der Waals surface area contributed by atoms with E-state index in [0.29, 0.717) is 13.0 Å². The van der Waals surface area contributed by atoms with Gasteiger partial charge in [0.2, 0.25) is 0 Å². The van der Waals surface area contributed by atoms with Gasteiger partial charge in [-0.2, -0.15) is 0 Å². The Morgan fingerprint density at radius 3 is 1.87 bits per heavy atom. The van der Waals surface area contributed by atoms with Crippen LogP contribution in [0.4, 0.5) is 0 Å². The normalized spacial score (nSPS) is 10.7. The summed E-state index contributed by atoms with van der Waals surface area (Å²) in [5, 5.41) is 33.8. The van der Waals surface area contributed by atoms with Crippen molar-refractivity contribution in [2.24, 2.45) is 0 Å². The second-order valence-electron chi connectivity index (χ2n) is 7.18. The average Bonchev–Trinajstić information content (AvgIpc) is 2.65. The number of ketones is 1. The summed E-state index contributed by atoms with van der Waals surface area (Å²) in [4.78, 5) is 44.3. The molecule has 0 fully saturated rings. The predicted molar refractivity (Wildman–Crippen MR) is 111 cm³/mol. The summed E-state index contributed by atoms with van der Waals surface area (Å²) in [5.41, 5.74) is -1.96. The van der Waals surface area contributed by atoms with E-state index in [1.54, 1.807) is 0 Å². The van der Waals surface area contributed by atoms with Crippen molar-refractivity contribution in [2.45, 2.75) is 44.6 Å². The van der Waals surface area contributed by atoms with Crippen LogP contribution in [0.15, 0.2) is 24.3 Å². The Morgan fingerprint density at radius 1 is 0.968 bits per heavy atom. The number of nitrogens with zero attached hydrogens (tertiary/aromatic N) is 1. The number of carbonyl (C=O) groups is 4. The molecule has 0 aliphatic carbocycles. The highest BCUT2D eigenvalue weighted by atomic mass is 16.5. The third kappa shape index (κ3) is 12.3. The maximum atomic E-state index is 11.6. The van der Waals surface area contributed by atoms with Gasteiger partial charge >= 0.3 is 17.9 Å². The molecule has 0 atom stereocenters. The molecule has 1 rings (SSSR count). The zero-order chi connectivity index (χ0) is 24.0. The van der Waals surface area contributed by atoms with Crippen molar-refractivity contribution in [1.82, 2.24) is 4.90 Å². The lowest BCUT2D eigenvalue weighted by Gasteiger charge is -2.18. The Labute approximate surface area is 181 Å². The molecule has 0 saturated carbocycles. The molecular weight excluding hydrogens is 410 g/mol. The van der Waals surface area contributed by atoms with E-state index in [-0.39, 0.29) is 5.78 Å². The largest absolute Gasteiger partial charge is 0.494 e. The van der Waals surface area contributed by atoms with Crippen molar-refractivity contribution in [2.75, 3.05) is 27.2 Å². The topological polar surface area (TPSA) is 162 Å². The highest BCUT2D eigenvalue weighted by molar-refractivity contribution is 5.96. The number of aliphatic hydroxyl groups is 1. The second-order valence-corrected chi connectivity index (χ2v) is 7.18. The van der Waals surface area contributed by atoms with Crippen LogP contribution in [0.25, 0.3) is 0 Å². The van der Waals surface area contributed by atoms with Crippen LogP contribution in [0.2, 0.25) is 0 Å². The molecule has 0 aromatic heterocycles. The summed E-state index contributed by atoms with van der Waals surface area (Å²) in [6.45, 7) is 3.74. The summed E-state index contributed by atoms with van der Waals surface area (Å²) in [5.74, 6) is -3.98. The maximum absolute atomic E-state index is 11.6. The lowest BCUT2D eigenvalue weighted by atomic mass is 9.96. The lowest BCUT2D eigenvalue weighted by Crippen LogP contribution is -2.42. The van der Waals surface area contributed by atoms with Gasteiger partial charge in [-0.15, -0.1) is 0 Å². The van der Waals surface area contributed by atoms with Crippen LogP contribution in [-0.4, -0.2) is 81.9 Å². The van der Waals surface area contributed by atoms with E-state index >= 15 is 0 Å². The van der Waals surface area contributed by atoms with Crippen molar-refractivity contribution >= 4 is 23.7 Å². The molecule has 0 unspecified atom stereocenters. The number of carboxylic acids is 3. The third-order valence-electron chi connectivity index (χ3n) is 3.96. The summed E-state index contributed by atoms with van der Waals surface area (Å²) in [6, 6.07) is 7.44. The molecule has 31 heavy (non-hydrogen) atoms. The van der Waals surface area contributed by atoms with Gasteiger partial charge in [0, 0.05) is 18.5 Å². The number of ether oxygens (including phenoxy) is 1. The van der Waals surface area contributed by atoms with Crippen molar-refractivity contribution in [3.63, 3.8) is 0 Å². The molecule has 0 heterocycles. The summed E-state index contributed by atoms with van der Waals surface area (Å²) < 4.78 is 5.61. The van der Waals surface area contributed by atoms with Crippen LogP contribution in [0.1, 0.15) is 49.4 Å². The Hall–Kier alpha value is -2.98. The Balaban J connectivity index is 0.000000615. The monoisotopic (exact) mass is 441 g/mol. The standard InChI is InChI=1S/C15H23NO2.C6H8O7/c1-4-6-15(17)13-7-9-14(10-8-13)18-12-5-11-16(2)3;7-3(8)1-6(13,5(11)12)2-4(9)10/h7-10H,4-6,11-12H2,1-3H3;13H,1-2H2,(H,7,8)(H,9,10)(H,11,12). The fourth-order valence-corrected chi connectivity index (χ4v) is 2.39. The van der Waals surface area contributed by atoms with E-state index in [2.05, 4.69) is 4.90 Å². The number of carboxylic acid groups (broad SMARTS) is 3. The molecule has 1 aromatic rings. The number of Topliss-reactive ketones (excluding diaryl/α,β-unsaturated/α-hetero) is 1. The minimum absolute atomic E-state index is 0.205. The van der Waals surface area contributed by atoms with Crippen LogP contribution >= 0.6 is 0 Å². The lowest BCUT2D eigenvalue weighted by molar-refractivity contribution is -0.170. The maximum Gasteiger partial charge on any atom is 0.336 e. The van der Waals surface area contributed by atoms with Gasteiger partial charge in [-0.3, -0.25) is 14.4 Å². The number of hydrogen-bond donors (Lipinski definition) is 4. The molecular formula is C21H31NO9. The summed E-state index contributed by atoms with van der Waals surface area (Å²) >= 11 is 0. The van der Waals surface area contributed by atoms with Gasteiger partial charge in [0.05, 0.1) is 19.4 Å². The molecule has 0 saturated heterocycles. The smallest absolute Gasteiger partial charge is 0.336 e. The van der Waals surface area contributed by atoms with E-state index in [1.165, 1.54) is 0 Å². The van der Waals surface area contributed by atoms with Gasteiger partial charge in [0.15, 0.2) is 11.4 Å². The van der Waals surface area contributed by atoms with Crippen LogP contribution < -0.4 is 4.74 Å². The van der Waals surface area contributed by atoms with Crippen LogP contribution in [0.3, 0.4) is 0 Å². The molecule has 174 valence electrons. The number of hydrogen-bond acceptors (Lipinski definition) is 7. The molecule has 10 nitrogen and oxygen atoms in total. The van der Waals surface area contributed by atoms with E-state index in [0.717, 1.165) is 30.7 Å². The Morgan fingerprint density at radius 2 is 1.48 bits per heavy atom. The summed E-state index contributed by atoms with van der Waals surface area (Å²) in [7, 11) is 4.10. The van der Waals surface area contributed by atoms with Gasteiger partial charge in [0.25, 0.3) is 0 Å². The highest BCUT2D eigenvalue weighted by Gasteiger charge is 2.40. The van der Waals surface area contributed by atoms with Gasteiger partial charge in [0.1, 0.15) is 5.75 Å². The Kier molecular flexibility index (Phi) is 12.7. The Bertz CT molecular complexity index is 713. The molecule has 0 bridgehead atoms. The van der Waals surface area contributed by atoms with Gasteiger partial charge in [-0.1, -0.05) is 6.92 Å². The second kappa shape index (κ2) is 14.1. The average molecular weight is 441 g/mol. The van der Waals surface area contributed by atoms with Crippen molar-refractivity contribution in [3.8, 4) is 5.75 Å². The molecule has 10 heteroatoms. The zero-order valence-electron chi connectivity index (χ0n) is 18.0. The van der Waals surface area contributed by atoms with Crippen molar-refractivity contribution in [1.29, 1.82) is 0 Å². The summed E-state index contributed by atoms with van der Waals surface area (Å²) in [6.07, 6.45) is 0.220. The predicted octanol–water partition coefficient (Wildman–Crippen LogP) is 1.75. The fraction of sp³-hybridized carbons (Fsp3) is 0.524. The SMILES string of the molecule is CCCC(=O)c1ccc(OCCCN(C)C)cc1.O=C(O)CC(O)(CC(=O)O)C(=O)O. The van der Waals surface area contributed by atoms with Gasteiger partial charge < -0.3 is 30.1 Å². The highest BCUT2D eigenvalue weighted by Crippen LogP contribution is 2.16. The first-order valence-electron chi connectivity index (χ1n) is 9.71. The van der Waals surface area contributed by atoms with Gasteiger partial charge in [-0.25, -0.2) is 4.79 Å². The number of aliphatic carboxylic acids is 3. The van der Waals surface area contributed by atoms with Crippen LogP contribution in [0.5, 0.6) is 5.75 Å². The first kappa shape index (κ1) is 28.0. The quantitative estimate of drug-likeness (QED) is 0.262. The molecule has 0 aliphatic heterocycles. The van der Waals surface area contributed by atoms with Crippen LogP contribution in [0, 0.1) is 0 Å². The van der Waals surface area contributed by atoms with Crippen LogP contribution in [-0.2, 0) is 14.4 Å². The molecule has 0 radical (unpaired) electrons. The number of carbonyl (C=O) groups excluding carboxylic acids is 1. The molecule has 0 amide bonds. The molecule has 0 aliphatic rings. The van der Waals surface area contributed by atoms with Crippen molar-refractivity contribution in [3.05, 3.63) is 29.8 Å². The van der Waals surface area contributed by atoms with E-state index in [1.807, 2.05) is 45.3 Å². The number of rotatable bonds is 13. The third-order valence-corrected chi connectivity index (χ3v) is 3.96. The fourth-order valence-electron chi connectivity index (χ4n) is 2.39. The van der Waals surface area contributed by atoms with E-state index in [9.17, 15) is 19.2 Å². The molecule has 4 N–H and O–H groups in total. The minimum Gasteiger partial charge on any atom is -0.494 e. The van der Waals surface area contributed by atoms with E-state index in [4.69, 9.17) is 25.2 Å². The zero-order valence-corrected chi connectivity index (χ0v) is 18.0. The minimum atomic E-state index is -2.74. The molecule has 1 aromatic carbocycles. The molecule has 0 spiro atoms. The van der Waals surface area contributed by atoms with Crippen molar-refractivity contribution < 1.29 is 44.3 Å². The van der Waals surface area contributed by atoms with Gasteiger partial charge in [-0.05, 0) is 51.2 Å². The number of benzene rings is 1. The first-order valence-corrected chi connectivity index (χ1v) is 9.71.